The second-order valence-electron chi connectivity index (χ2n) is 6.37. The van der Waals surface area contributed by atoms with Crippen molar-refractivity contribution in [2.24, 2.45) is 5.41 Å². The summed E-state index contributed by atoms with van der Waals surface area (Å²) in [6, 6.07) is -0.997. The molecule has 0 aromatic heterocycles. The van der Waals surface area contributed by atoms with Crippen LogP contribution in [0.5, 0.6) is 0 Å². The van der Waals surface area contributed by atoms with Crippen molar-refractivity contribution in [3.63, 3.8) is 0 Å². The van der Waals surface area contributed by atoms with E-state index in [2.05, 4.69) is 6.58 Å². The van der Waals surface area contributed by atoms with E-state index in [0.717, 1.165) is 4.90 Å². The fourth-order valence-corrected chi connectivity index (χ4v) is 2.44. The van der Waals surface area contributed by atoms with E-state index in [0.29, 0.717) is 0 Å². The number of hydrogen-bond acceptors (Lipinski definition) is 5. The molecule has 1 heterocycles. The van der Waals surface area contributed by atoms with Crippen molar-refractivity contribution < 1.29 is 23.9 Å². The molecule has 1 fully saturated rings. The van der Waals surface area contributed by atoms with Crippen LogP contribution in [0.15, 0.2) is 12.7 Å². The quantitative estimate of drug-likeness (QED) is 0.588. The van der Waals surface area contributed by atoms with Crippen LogP contribution in [0.25, 0.3) is 0 Å². The van der Waals surface area contributed by atoms with Crippen LogP contribution in [-0.2, 0) is 19.1 Å². The van der Waals surface area contributed by atoms with Gasteiger partial charge in [0.05, 0.1) is 19.1 Å². The molecule has 0 radical (unpaired) electrons. The average molecular weight is 297 g/mol. The molecule has 2 atom stereocenters. The Balaban J connectivity index is 3.15. The Hall–Kier alpha value is -1.85. The van der Waals surface area contributed by atoms with Crippen LogP contribution in [-0.4, -0.2) is 48.0 Å². The number of esters is 1. The lowest BCUT2D eigenvalue weighted by molar-refractivity contribution is -0.150. The molecular weight excluding hydrogens is 274 g/mol. The molecule has 0 N–H and O–H groups in total. The van der Waals surface area contributed by atoms with Crippen LogP contribution < -0.4 is 0 Å². The summed E-state index contributed by atoms with van der Waals surface area (Å²) in [5.41, 5.74) is -1.75. The fourth-order valence-electron chi connectivity index (χ4n) is 2.44. The molecule has 0 saturated carbocycles. The highest BCUT2D eigenvalue weighted by atomic mass is 16.6. The maximum Gasteiger partial charge on any atom is 0.411 e. The summed E-state index contributed by atoms with van der Waals surface area (Å²) in [6.45, 7) is 10.3. The summed E-state index contributed by atoms with van der Waals surface area (Å²) in [4.78, 5) is 37.8. The third kappa shape index (κ3) is 3.43. The standard InChI is InChI=1S/C15H23NO5/c1-7-8-15(5)10(17)9-16(11(15)12(18)20-6)13(19)21-14(2,3)4/h7,11H,1,8-9H2,2-6H3/t11-,15-/m1/s1. The maximum atomic E-state index is 12.3. The Morgan fingerprint density at radius 2 is 2.05 bits per heavy atom. The van der Waals surface area contributed by atoms with Crippen molar-refractivity contribution in [1.82, 2.24) is 4.90 Å². The number of likely N-dealkylation sites (tertiary alicyclic amines) is 1. The first-order chi connectivity index (χ1) is 9.56. The molecular formula is C15H23NO5. The summed E-state index contributed by atoms with van der Waals surface area (Å²) >= 11 is 0. The minimum Gasteiger partial charge on any atom is -0.467 e. The number of carbonyl (C=O) groups is 3. The largest absolute Gasteiger partial charge is 0.467 e. The molecule has 1 saturated heterocycles. The van der Waals surface area contributed by atoms with Gasteiger partial charge in [0.15, 0.2) is 5.78 Å². The third-order valence-corrected chi connectivity index (χ3v) is 3.49. The van der Waals surface area contributed by atoms with Gasteiger partial charge in [-0.15, -0.1) is 6.58 Å². The van der Waals surface area contributed by atoms with Gasteiger partial charge in [0.1, 0.15) is 11.6 Å². The number of methoxy groups -OCH3 is 1. The minimum absolute atomic E-state index is 0.168. The van der Waals surface area contributed by atoms with E-state index < -0.39 is 29.1 Å². The summed E-state index contributed by atoms with van der Waals surface area (Å²) < 4.78 is 10.0. The predicted octanol–water partition coefficient (Wildman–Crippen LogP) is 1.93. The fraction of sp³-hybridized carbons (Fsp3) is 0.667. The zero-order valence-corrected chi connectivity index (χ0v) is 13.3. The van der Waals surface area contributed by atoms with E-state index in [-0.39, 0.29) is 18.7 Å². The molecule has 0 bridgehead atoms. The molecule has 0 aromatic rings. The first kappa shape index (κ1) is 17.2. The highest BCUT2D eigenvalue weighted by Crippen LogP contribution is 2.38. The van der Waals surface area contributed by atoms with Crippen molar-refractivity contribution in [2.45, 2.75) is 45.8 Å². The molecule has 118 valence electrons. The molecule has 6 nitrogen and oxygen atoms in total. The van der Waals surface area contributed by atoms with Gasteiger partial charge in [0.2, 0.25) is 0 Å². The number of ether oxygens (including phenoxy) is 2. The second-order valence-corrected chi connectivity index (χ2v) is 6.37. The van der Waals surface area contributed by atoms with Gasteiger partial charge in [-0.1, -0.05) is 6.08 Å². The normalized spacial score (nSPS) is 25.7. The number of amides is 1. The Morgan fingerprint density at radius 1 is 1.48 bits per heavy atom. The topological polar surface area (TPSA) is 72.9 Å². The van der Waals surface area contributed by atoms with Crippen molar-refractivity contribution in [3.8, 4) is 0 Å². The molecule has 0 aliphatic carbocycles. The molecule has 1 rings (SSSR count). The smallest absolute Gasteiger partial charge is 0.411 e. The van der Waals surface area contributed by atoms with Crippen molar-refractivity contribution in [3.05, 3.63) is 12.7 Å². The number of hydrogen-bond donors (Lipinski definition) is 0. The third-order valence-electron chi connectivity index (χ3n) is 3.49. The van der Waals surface area contributed by atoms with Crippen molar-refractivity contribution in [2.75, 3.05) is 13.7 Å². The lowest BCUT2D eigenvalue weighted by atomic mass is 9.78. The molecule has 0 spiro atoms. The van der Waals surface area contributed by atoms with E-state index in [4.69, 9.17) is 9.47 Å². The van der Waals surface area contributed by atoms with E-state index in [1.54, 1.807) is 33.8 Å². The monoisotopic (exact) mass is 297 g/mol. The molecule has 0 unspecified atom stereocenters. The SMILES string of the molecule is C=CC[C@]1(C)C(=O)CN(C(=O)OC(C)(C)C)[C@@H]1C(=O)OC. The maximum absolute atomic E-state index is 12.3. The van der Waals surface area contributed by atoms with Gasteiger partial charge < -0.3 is 9.47 Å². The zero-order chi connectivity index (χ0) is 16.4. The lowest BCUT2D eigenvalue weighted by Gasteiger charge is -2.32. The van der Waals surface area contributed by atoms with E-state index in [9.17, 15) is 14.4 Å². The van der Waals surface area contributed by atoms with Gasteiger partial charge in [-0.3, -0.25) is 9.69 Å². The van der Waals surface area contributed by atoms with E-state index in [1.807, 2.05) is 0 Å². The Labute approximate surface area is 125 Å². The van der Waals surface area contributed by atoms with Crippen LogP contribution in [0.1, 0.15) is 34.1 Å². The summed E-state index contributed by atoms with van der Waals surface area (Å²) in [7, 11) is 1.23. The first-order valence-electron chi connectivity index (χ1n) is 6.78. The highest BCUT2D eigenvalue weighted by Gasteiger charge is 2.56. The van der Waals surface area contributed by atoms with Crippen LogP contribution in [0.2, 0.25) is 0 Å². The van der Waals surface area contributed by atoms with Gasteiger partial charge >= 0.3 is 12.1 Å². The Bertz CT molecular complexity index is 465. The van der Waals surface area contributed by atoms with Crippen molar-refractivity contribution >= 4 is 17.8 Å². The number of nitrogens with zero attached hydrogens (tertiary/aromatic N) is 1. The number of carbonyl (C=O) groups excluding carboxylic acids is 3. The molecule has 1 aliphatic heterocycles. The number of ketones is 1. The first-order valence-corrected chi connectivity index (χ1v) is 6.78. The van der Waals surface area contributed by atoms with Gasteiger partial charge in [-0.2, -0.15) is 0 Å². The van der Waals surface area contributed by atoms with Gasteiger partial charge in [0, 0.05) is 0 Å². The molecule has 6 heteroatoms. The summed E-state index contributed by atoms with van der Waals surface area (Å²) in [6.07, 6.45) is 1.15. The Kier molecular flexibility index (Phi) is 4.81. The van der Waals surface area contributed by atoms with Crippen LogP contribution >= 0.6 is 0 Å². The predicted molar refractivity (Wildman–Crippen MR) is 76.7 cm³/mol. The Morgan fingerprint density at radius 3 is 2.48 bits per heavy atom. The zero-order valence-electron chi connectivity index (χ0n) is 13.3. The average Bonchev–Trinajstić information content (AvgIpc) is 2.60. The molecule has 1 aliphatic rings. The van der Waals surface area contributed by atoms with Crippen molar-refractivity contribution in [1.29, 1.82) is 0 Å². The molecule has 21 heavy (non-hydrogen) atoms. The van der Waals surface area contributed by atoms with E-state index in [1.165, 1.54) is 7.11 Å². The lowest BCUT2D eigenvalue weighted by Crippen LogP contribution is -2.49. The number of Topliss-reactive ketones (excluding diaryl/α,β-unsaturated/α-hetero) is 1. The van der Waals surface area contributed by atoms with Gasteiger partial charge in [0.25, 0.3) is 0 Å². The van der Waals surface area contributed by atoms with E-state index >= 15 is 0 Å². The van der Waals surface area contributed by atoms with Gasteiger partial charge in [-0.25, -0.2) is 9.59 Å². The van der Waals surface area contributed by atoms with Crippen LogP contribution in [0.4, 0.5) is 4.79 Å². The minimum atomic E-state index is -1.04. The number of allylic oxidation sites excluding steroid dienone is 1. The highest BCUT2D eigenvalue weighted by molar-refractivity contribution is 6.00. The van der Waals surface area contributed by atoms with Crippen LogP contribution in [0, 0.1) is 5.41 Å². The second kappa shape index (κ2) is 5.87. The molecule has 1 amide bonds. The number of rotatable bonds is 3. The summed E-state index contributed by atoms with van der Waals surface area (Å²) in [5, 5.41) is 0. The van der Waals surface area contributed by atoms with Crippen LogP contribution in [0.3, 0.4) is 0 Å². The summed E-state index contributed by atoms with van der Waals surface area (Å²) in [5.74, 6) is -0.834. The van der Waals surface area contributed by atoms with Gasteiger partial charge in [-0.05, 0) is 34.1 Å². The molecule has 0 aromatic carbocycles.